The van der Waals surface area contributed by atoms with Gasteiger partial charge in [-0.15, -0.1) is 0 Å². The fourth-order valence-electron chi connectivity index (χ4n) is 2.89. The maximum Gasteiger partial charge on any atom is 0.309 e. The number of ether oxygens (including phenoxy) is 1. The zero-order valence-corrected chi connectivity index (χ0v) is 10.7. The van der Waals surface area contributed by atoms with Gasteiger partial charge in [0.05, 0.1) is 5.92 Å². The van der Waals surface area contributed by atoms with Crippen molar-refractivity contribution in [2.24, 2.45) is 17.6 Å². The van der Waals surface area contributed by atoms with Crippen LogP contribution in [-0.2, 0) is 9.53 Å². The van der Waals surface area contributed by atoms with Crippen LogP contribution in [0.3, 0.4) is 0 Å². The second-order valence-corrected chi connectivity index (χ2v) is 5.56. The van der Waals surface area contributed by atoms with Crippen molar-refractivity contribution in [2.75, 3.05) is 26.7 Å². The van der Waals surface area contributed by atoms with Crippen molar-refractivity contribution in [3.05, 3.63) is 0 Å². The van der Waals surface area contributed by atoms with Gasteiger partial charge in [0.1, 0.15) is 6.10 Å². The SMILES string of the molecule is CN1CCC(OC(=O)C2CCC(CN)CC2)C1. The summed E-state index contributed by atoms with van der Waals surface area (Å²) in [5.74, 6) is 0.779. The summed E-state index contributed by atoms with van der Waals surface area (Å²) in [4.78, 5) is 14.2. The number of esters is 1. The maximum absolute atomic E-state index is 12.0. The molecule has 0 aromatic heterocycles. The number of rotatable bonds is 3. The van der Waals surface area contributed by atoms with Gasteiger partial charge in [-0.1, -0.05) is 0 Å². The zero-order valence-electron chi connectivity index (χ0n) is 10.7. The Kier molecular flexibility index (Phi) is 4.40. The van der Waals surface area contributed by atoms with Gasteiger partial charge in [-0.25, -0.2) is 0 Å². The lowest BCUT2D eigenvalue weighted by Crippen LogP contribution is -2.30. The molecule has 2 rings (SSSR count). The first-order valence-corrected chi connectivity index (χ1v) is 6.78. The molecule has 1 saturated carbocycles. The van der Waals surface area contributed by atoms with Crippen LogP contribution in [-0.4, -0.2) is 43.7 Å². The molecule has 1 saturated heterocycles. The van der Waals surface area contributed by atoms with Gasteiger partial charge >= 0.3 is 5.97 Å². The molecule has 2 aliphatic rings. The Morgan fingerprint density at radius 3 is 2.53 bits per heavy atom. The molecule has 2 fully saturated rings. The second kappa shape index (κ2) is 5.83. The third kappa shape index (κ3) is 3.42. The van der Waals surface area contributed by atoms with Gasteiger partial charge in [-0.05, 0) is 51.6 Å². The number of hydrogen-bond acceptors (Lipinski definition) is 4. The Balaban J connectivity index is 1.73. The fourth-order valence-corrected chi connectivity index (χ4v) is 2.89. The molecular weight excluding hydrogens is 216 g/mol. The Morgan fingerprint density at radius 1 is 1.29 bits per heavy atom. The lowest BCUT2D eigenvalue weighted by Gasteiger charge is -2.27. The molecule has 17 heavy (non-hydrogen) atoms. The van der Waals surface area contributed by atoms with Crippen LogP contribution in [0.4, 0.5) is 0 Å². The first kappa shape index (κ1) is 12.8. The van der Waals surface area contributed by atoms with Crippen LogP contribution in [0.1, 0.15) is 32.1 Å². The van der Waals surface area contributed by atoms with Gasteiger partial charge in [-0.3, -0.25) is 4.79 Å². The average molecular weight is 240 g/mol. The van der Waals surface area contributed by atoms with Crippen molar-refractivity contribution in [2.45, 2.75) is 38.2 Å². The maximum atomic E-state index is 12.0. The quantitative estimate of drug-likeness (QED) is 0.748. The number of carbonyl (C=O) groups is 1. The van der Waals surface area contributed by atoms with Gasteiger partial charge in [-0.2, -0.15) is 0 Å². The van der Waals surface area contributed by atoms with Gasteiger partial charge < -0.3 is 15.4 Å². The van der Waals surface area contributed by atoms with Crippen LogP contribution >= 0.6 is 0 Å². The van der Waals surface area contributed by atoms with E-state index in [1.165, 1.54) is 0 Å². The first-order chi connectivity index (χ1) is 8.19. The highest BCUT2D eigenvalue weighted by Crippen LogP contribution is 2.29. The molecule has 0 spiro atoms. The highest BCUT2D eigenvalue weighted by Gasteiger charge is 2.30. The molecule has 0 amide bonds. The van der Waals surface area contributed by atoms with Crippen molar-refractivity contribution in [3.8, 4) is 0 Å². The summed E-state index contributed by atoms with van der Waals surface area (Å²) in [6.07, 6.45) is 5.20. The Labute approximate surface area is 103 Å². The van der Waals surface area contributed by atoms with Crippen molar-refractivity contribution >= 4 is 5.97 Å². The average Bonchev–Trinajstić information content (AvgIpc) is 2.75. The monoisotopic (exact) mass is 240 g/mol. The summed E-state index contributed by atoms with van der Waals surface area (Å²) in [5.41, 5.74) is 5.65. The van der Waals surface area contributed by atoms with E-state index in [1.807, 2.05) is 0 Å². The van der Waals surface area contributed by atoms with Gasteiger partial charge in [0.15, 0.2) is 0 Å². The summed E-state index contributed by atoms with van der Waals surface area (Å²) < 4.78 is 5.58. The molecule has 98 valence electrons. The normalized spacial score (nSPS) is 34.8. The van der Waals surface area contributed by atoms with Gasteiger partial charge in [0.25, 0.3) is 0 Å². The van der Waals surface area contributed by atoms with E-state index in [2.05, 4.69) is 11.9 Å². The Morgan fingerprint density at radius 2 is 2.00 bits per heavy atom. The molecule has 0 bridgehead atoms. The molecule has 0 aromatic carbocycles. The van der Waals surface area contributed by atoms with E-state index >= 15 is 0 Å². The summed E-state index contributed by atoms with van der Waals surface area (Å²) in [7, 11) is 2.07. The van der Waals surface area contributed by atoms with E-state index in [-0.39, 0.29) is 18.0 Å². The summed E-state index contributed by atoms with van der Waals surface area (Å²) in [5, 5.41) is 0. The predicted molar refractivity (Wildman–Crippen MR) is 66.5 cm³/mol. The number of hydrogen-bond donors (Lipinski definition) is 1. The van der Waals surface area contributed by atoms with Crippen LogP contribution in [0, 0.1) is 11.8 Å². The summed E-state index contributed by atoms with van der Waals surface area (Å²) in [6.45, 7) is 2.69. The van der Waals surface area contributed by atoms with E-state index in [9.17, 15) is 4.79 Å². The van der Waals surface area contributed by atoms with Crippen LogP contribution < -0.4 is 5.73 Å². The van der Waals surface area contributed by atoms with Crippen LogP contribution in [0.2, 0.25) is 0 Å². The first-order valence-electron chi connectivity index (χ1n) is 6.78. The molecule has 1 aliphatic heterocycles. The molecular formula is C13H24N2O2. The summed E-state index contributed by atoms with van der Waals surface area (Å²) in [6, 6.07) is 0. The van der Waals surface area contributed by atoms with E-state index in [4.69, 9.17) is 10.5 Å². The highest BCUT2D eigenvalue weighted by atomic mass is 16.5. The largest absolute Gasteiger partial charge is 0.461 e. The third-order valence-electron chi connectivity index (χ3n) is 4.14. The number of nitrogens with zero attached hydrogens (tertiary/aromatic N) is 1. The molecule has 1 atom stereocenters. The zero-order chi connectivity index (χ0) is 12.3. The Bertz CT molecular complexity index is 262. The highest BCUT2D eigenvalue weighted by molar-refractivity contribution is 5.72. The molecule has 2 N–H and O–H groups in total. The smallest absolute Gasteiger partial charge is 0.309 e. The van der Waals surface area contributed by atoms with Crippen LogP contribution in [0.5, 0.6) is 0 Å². The molecule has 4 nitrogen and oxygen atoms in total. The molecule has 0 aromatic rings. The number of likely N-dealkylation sites (tertiary alicyclic amines) is 1. The topological polar surface area (TPSA) is 55.6 Å². The fraction of sp³-hybridized carbons (Fsp3) is 0.923. The standard InChI is InChI=1S/C13H24N2O2/c1-15-7-6-12(9-15)17-13(16)11-4-2-10(8-14)3-5-11/h10-12H,2-9,14H2,1H3. The lowest BCUT2D eigenvalue weighted by molar-refractivity contribution is -0.154. The van der Waals surface area contributed by atoms with Gasteiger partial charge in [0.2, 0.25) is 0 Å². The van der Waals surface area contributed by atoms with Crippen LogP contribution in [0.15, 0.2) is 0 Å². The van der Waals surface area contributed by atoms with Crippen molar-refractivity contribution < 1.29 is 9.53 Å². The molecule has 1 aliphatic carbocycles. The molecule has 0 radical (unpaired) electrons. The molecule has 4 heteroatoms. The number of likely N-dealkylation sites (N-methyl/N-ethyl adjacent to an activating group) is 1. The summed E-state index contributed by atoms with van der Waals surface area (Å²) >= 11 is 0. The minimum atomic E-state index is 0.0285. The molecule has 1 unspecified atom stereocenters. The van der Waals surface area contributed by atoms with E-state index in [0.717, 1.165) is 51.7 Å². The van der Waals surface area contributed by atoms with Crippen molar-refractivity contribution in [1.82, 2.24) is 4.90 Å². The van der Waals surface area contributed by atoms with Crippen molar-refractivity contribution in [1.29, 1.82) is 0 Å². The van der Waals surface area contributed by atoms with E-state index in [1.54, 1.807) is 0 Å². The van der Waals surface area contributed by atoms with Crippen LogP contribution in [0.25, 0.3) is 0 Å². The number of carbonyl (C=O) groups excluding carboxylic acids is 1. The van der Waals surface area contributed by atoms with Crippen molar-refractivity contribution in [3.63, 3.8) is 0 Å². The van der Waals surface area contributed by atoms with Gasteiger partial charge in [0, 0.05) is 13.1 Å². The minimum Gasteiger partial charge on any atom is -0.461 e. The number of nitrogens with two attached hydrogens (primary N) is 1. The van der Waals surface area contributed by atoms with E-state index in [0.29, 0.717) is 5.92 Å². The molecule has 1 heterocycles. The third-order valence-corrected chi connectivity index (χ3v) is 4.14. The predicted octanol–water partition coefficient (Wildman–Crippen LogP) is 0.999. The van der Waals surface area contributed by atoms with E-state index < -0.39 is 0 Å². The second-order valence-electron chi connectivity index (χ2n) is 5.56. The minimum absolute atomic E-state index is 0.0285. The Hall–Kier alpha value is -0.610. The lowest BCUT2D eigenvalue weighted by atomic mass is 9.82.